The molecule has 0 aromatic carbocycles. The van der Waals surface area contributed by atoms with Crippen molar-refractivity contribution in [3.05, 3.63) is 24.0 Å². The zero-order valence-corrected chi connectivity index (χ0v) is 9.10. The van der Waals surface area contributed by atoms with E-state index in [0.717, 1.165) is 11.4 Å². The van der Waals surface area contributed by atoms with Crippen LogP contribution >= 0.6 is 0 Å². The van der Waals surface area contributed by atoms with Gasteiger partial charge in [-0.15, -0.1) is 0 Å². The molecule has 5 nitrogen and oxygen atoms in total. The van der Waals surface area contributed by atoms with Crippen molar-refractivity contribution in [1.29, 1.82) is 0 Å². The highest BCUT2D eigenvalue weighted by Gasteiger charge is 2.27. The molecule has 1 amide bonds. The largest absolute Gasteiger partial charge is 0.392 e. The molecule has 2 unspecified atom stereocenters. The van der Waals surface area contributed by atoms with Crippen molar-refractivity contribution < 1.29 is 9.90 Å². The van der Waals surface area contributed by atoms with Crippen molar-refractivity contribution in [1.82, 2.24) is 10.3 Å². The normalized spacial score (nSPS) is 24.4. The van der Waals surface area contributed by atoms with Crippen molar-refractivity contribution in [2.24, 2.45) is 0 Å². The number of carbonyl (C=O) groups is 1. The van der Waals surface area contributed by atoms with E-state index in [-0.39, 0.29) is 11.9 Å². The van der Waals surface area contributed by atoms with Crippen LogP contribution in [0.3, 0.4) is 0 Å². The standard InChI is InChI=1S/C11H15N3O2/c1-7-4-8(2-3-12-7)14-11(16)10-5-9(15)6-13-10/h2-4,9-10,13,15H,5-6H2,1H3,(H,12,14,16). The Morgan fingerprint density at radius 3 is 3.12 bits per heavy atom. The summed E-state index contributed by atoms with van der Waals surface area (Å²) >= 11 is 0. The summed E-state index contributed by atoms with van der Waals surface area (Å²) in [7, 11) is 0. The summed E-state index contributed by atoms with van der Waals surface area (Å²) in [5, 5.41) is 15.1. The molecule has 1 aliphatic rings. The molecule has 1 aromatic rings. The number of aliphatic hydroxyl groups excluding tert-OH is 1. The minimum atomic E-state index is -0.421. The van der Waals surface area contributed by atoms with Gasteiger partial charge in [0.1, 0.15) is 0 Å². The van der Waals surface area contributed by atoms with E-state index in [4.69, 9.17) is 0 Å². The van der Waals surface area contributed by atoms with Crippen LogP contribution < -0.4 is 10.6 Å². The number of nitrogens with zero attached hydrogens (tertiary/aromatic N) is 1. The first-order valence-electron chi connectivity index (χ1n) is 5.30. The average molecular weight is 221 g/mol. The van der Waals surface area contributed by atoms with E-state index in [1.807, 2.05) is 13.0 Å². The Morgan fingerprint density at radius 1 is 1.69 bits per heavy atom. The smallest absolute Gasteiger partial charge is 0.241 e. The molecule has 2 rings (SSSR count). The first-order chi connectivity index (χ1) is 7.65. The number of aromatic nitrogens is 1. The van der Waals surface area contributed by atoms with Gasteiger partial charge >= 0.3 is 0 Å². The Labute approximate surface area is 93.9 Å². The van der Waals surface area contributed by atoms with Gasteiger partial charge in [0.2, 0.25) is 5.91 Å². The van der Waals surface area contributed by atoms with Gasteiger partial charge in [-0.05, 0) is 25.5 Å². The van der Waals surface area contributed by atoms with Gasteiger partial charge in [-0.25, -0.2) is 0 Å². The lowest BCUT2D eigenvalue weighted by Crippen LogP contribution is -2.35. The summed E-state index contributed by atoms with van der Waals surface area (Å²) in [6.07, 6.45) is 1.70. The number of β-amino-alcohol motifs (C(OH)–C–C–N with tert-alkyl or cyclic N) is 1. The van der Waals surface area contributed by atoms with Gasteiger partial charge in [0.15, 0.2) is 0 Å². The predicted octanol–water partition coefficient (Wildman–Crippen LogP) is 0.0513. The maximum atomic E-state index is 11.8. The molecule has 1 saturated heterocycles. The SMILES string of the molecule is Cc1cc(NC(=O)C2CC(O)CN2)ccn1. The Morgan fingerprint density at radius 2 is 2.50 bits per heavy atom. The fraction of sp³-hybridized carbons (Fsp3) is 0.455. The van der Waals surface area contributed by atoms with Crippen LogP contribution in [0.2, 0.25) is 0 Å². The van der Waals surface area contributed by atoms with Gasteiger partial charge in [-0.3, -0.25) is 9.78 Å². The molecular formula is C11H15N3O2. The summed E-state index contributed by atoms with van der Waals surface area (Å²) in [6.45, 7) is 2.35. The molecule has 0 aliphatic carbocycles. The lowest BCUT2D eigenvalue weighted by atomic mass is 10.2. The van der Waals surface area contributed by atoms with E-state index in [0.29, 0.717) is 13.0 Å². The zero-order chi connectivity index (χ0) is 11.5. The molecule has 1 fully saturated rings. The van der Waals surface area contributed by atoms with Crippen LogP contribution in [0.4, 0.5) is 5.69 Å². The number of carbonyl (C=O) groups excluding carboxylic acids is 1. The molecule has 0 spiro atoms. The highest BCUT2D eigenvalue weighted by Crippen LogP contribution is 2.11. The summed E-state index contributed by atoms with van der Waals surface area (Å²) in [5.74, 6) is -0.109. The van der Waals surface area contributed by atoms with E-state index >= 15 is 0 Å². The Bertz CT molecular complexity index is 395. The number of pyridine rings is 1. The van der Waals surface area contributed by atoms with E-state index in [2.05, 4.69) is 15.6 Å². The molecule has 0 radical (unpaired) electrons. The summed E-state index contributed by atoms with van der Waals surface area (Å²) in [6, 6.07) is 3.25. The van der Waals surface area contributed by atoms with Crippen LogP contribution in [0, 0.1) is 6.92 Å². The fourth-order valence-electron chi connectivity index (χ4n) is 1.77. The van der Waals surface area contributed by atoms with Crippen molar-refractivity contribution in [3.8, 4) is 0 Å². The highest BCUT2D eigenvalue weighted by molar-refractivity contribution is 5.95. The molecule has 2 atom stereocenters. The molecule has 0 saturated carbocycles. The van der Waals surface area contributed by atoms with Gasteiger partial charge in [0, 0.05) is 24.1 Å². The van der Waals surface area contributed by atoms with Gasteiger partial charge in [0.05, 0.1) is 12.1 Å². The number of hydrogen-bond acceptors (Lipinski definition) is 4. The maximum Gasteiger partial charge on any atom is 0.241 e. The number of aryl methyl sites for hydroxylation is 1. The second kappa shape index (κ2) is 4.59. The van der Waals surface area contributed by atoms with Crippen LogP contribution in [-0.4, -0.2) is 34.7 Å². The summed E-state index contributed by atoms with van der Waals surface area (Å²) in [5.41, 5.74) is 1.60. The van der Waals surface area contributed by atoms with E-state index in [1.54, 1.807) is 12.3 Å². The number of aliphatic hydroxyl groups is 1. The Hall–Kier alpha value is -1.46. The molecule has 0 bridgehead atoms. The quantitative estimate of drug-likeness (QED) is 0.659. The third kappa shape index (κ3) is 2.56. The molecule has 1 aromatic heterocycles. The van der Waals surface area contributed by atoms with Crippen LogP contribution in [-0.2, 0) is 4.79 Å². The minimum Gasteiger partial charge on any atom is -0.392 e. The van der Waals surface area contributed by atoms with Crippen molar-refractivity contribution in [3.63, 3.8) is 0 Å². The average Bonchev–Trinajstić information content (AvgIpc) is 2.65. The van der Waals surface area contributed by atoms with E-state index in [9.17, 15) is 9.90 Å². The third-order valence-corrected chi connectivity index (χ3v) is 2.59. The van der Waals surface area contributed by atoms with Crippen LogP contribution in [0.25, 0.3) is 0 Å². The van der Waals surface area contributed by atoms with Gasteiger partial charge < -0.3 is 15.7 Å². The predicted molar refractivity (Wildman–Crippen MR) is 60.0 cm³/mol. The second-order valence-electron chi connectivity index (χ2n) is 4.03. The maximum absolute atomic E-state index is 11.8. The highest BCUT2D eigenvalue weighted by atomic mass is 16.3. The molecular weight excluding hydrogens is 206 g/mol. The van der Waals surface area contributed by atoms with Crippen LogP contribution in [0.15, 0.2) is 18.3 Å². The number of hydrogen-bond donors (Lipinski definition) is 3. The van der Waals surface area contributed by atoms with Gasteiger partial charge in [-0.1, -0.05) is 0 Å². The van der Waals surface area contributed by atoms with Crippen LogP contribution in [0.1, 0.15) is 12.1 Å². The third-order valence-electron chi connectivity index (χ3n) is 2.59. The molecule has 1 aliphatic heterocycles. The summed E-state index contributed by atoms with van der Waals surface area (Å²) < 4.78 is 0. The fourth-order valence-corrected chi connectivity index (χ4v) is 1.77. The van der Waals surface area contributed by atoms with E-state index < -0.39 is 6.10 Å². The Kier molecular flexibility index (Phi) is 3.17. The van der Waals surface area contributed by atoms with Crippen molar-refractivity contribution in [2.75, 3.05) is 11.9 Å². The van der Waals surface area contributed by atoms with Gasteiger partial charge in [-0.2, -0.15) is 0 Å². The molecule has 16 heavy (non-hydrogen) atoms. The van der Waals surface area contributed by atoms with E-state index in [1.165, 1.54) is 0 Å². The lowest BCUT2D eigenvalue weighted by Gasteiger charge is -2.10. The molecule has 5 heteroatoms. The molecule has 2 heterocycles. The molecule has 86 valence electrons. The lowest BCUT2D eigenvalue weighted by molar-refractivity contribution is -0.117. The Balaban J connectivity index is 1.97. The summed E-state index contributed by atoms with van der Waals surface area (Å²) in [4.78, 5) is 15.8. The van der Waals surface area contributed by atoms with Crippen molar-refractivity contribution >= 4 is 11.6 Å². The van der Waals surface area contributed by atoms with Gasteiger partial charge in [0.25, 0.3) is 0 Å². The zero-order valence-electron chi connectivity index (χ0n) is 9.10. The first kappa shape index (κ1) is 11.0. The number of anilines is 1. The van der Waals surface area contributed by atoms with Crippen LogP contribution in [0.5, 0.6) is 0 Å². The first-order valence-corrected chi connectivity index (χ1v) is 5.30. The topological polar surface area (TPSA) is 74.2 Å². The monoisotopic (exact) mass is 221 g/mol. The minimum absolute atomic E-state index is 0.109. The second-order valence-corrected chi connectivity index (χ2v) is 4.03. The van der Waals surface area contributed by atoms with Crippen molar-refractivity contribution in [2.45, 2.75) is 25.5 Å². The number of rotatable bonds is 2. The number of nitrogens with one attached hydrogen (secondary N) is 2. The molecule has 3 N–H and O–H groups in total. The number of amides is 1.